The molecule has 0 radical (unpaired) electrons. The highest BCUT2D eigenvalue weighted by Crippen LogP contribution is 1.84. The Hall–Kier alpha value is -1.50. The highest BCUT2D eigenvalue weighted by molar-refractivity contribution is 5.18. The second-order valence-electron chi connectivity index (χ2n) is 2.04. The van der Waals surface area contributed by atoms with Gasteiger partial charge in [0.2, 0.25) is 0 Å². The molecule has 0 saturated heterocycles. The predicted molar refractivity (Wildman–Crippen MR) is 48.8 cm³/mol. The topological polar surface area (TPSA) is 12.0 Å². The van der Waals surface area contributed by atoms with Gasteiger partial charge in [-0.05, 0) is 12.2 Å². The van der Waals surface area contributed by atoms with Crippen LogP contribution in [0.3, 0.4) is 0 Å². The maximum Gasteiger partial charge on any atom is 0.000442 e. The van der Waals surface area contributed by atoms with Crippen LogP contribution in [0, 0.1) is 0 Å². The normalized spacial score (nSPS) is 30.5. The van der Waals surface area contributed by atoms with Gasteiger partial charge in [0.15, 0.2) is 0 Å². The molecule has 0 bridgehead atoms. The van der Waals surface area contributed by atoms with Crippen molar-refractivity contribution < 1.29 is 0 Å². The summed E-state index contributed by atoms with van der Waals surface area (Å²) < 4.78 is 0. The van der Waals surface area contributed by atoms with Gasteiger partial charge in [-0.15, -0.1) is 0 Å². The van der Waals surface area contributed by atoms with Gasteiger partial charge >= 0.3 is 0 Å². The third kappa shape index (κ3) is 3.98. The summed E-state index contributed by atoms with van der Waals surface area (Å²) in [6, 6.07) is 0. The van der Waals surface area contributed by atoms with Crippen molar-refractivity contribution in [3.63, 3.8) is 0 Å². The minimum atomic E-state index is 1.88. The fourth-order valence-electron chi connectivity index (χ4n) is 0.663. The molecule has 0 aromatic heterocycles. The van der Waals surface area contributed by atoms with Gasteiger partial charge in [0.25, 0.3) is 0 Å². The van der Waals surface area contributed by atoms with E-state index in [0.29, 0.717) is 0 Å². The van der Waals surface area contributed by atoms with Crippen molar-refractivity contribution in [2.75, 3.05) is 0 Å². The third-order valence-corrected chi connectivity index (χ3v) is 1.16. The third-order valence-electron chi connectivity index (χ3n) is 1.16. The van der Waals surface area contributed by atoms with Crippen molar-refractivity contribution in [2.24, 2.45) is 0 Å². The maximum absolute atomic E-state index is 2.99. The quantitative estimate of drug-likeness (QED) is 0.551. The molecular weight excluding hydrogens is 134 g/mol. The van der Waals surface area contributed by atoms with E-state index in [9.17, 15) is 0 Å². The number of hydrogen-bond donors (Lipinski definition) is 1. The van der Waals surface area contributed by atoms with Crippen LogP contribution in [0.4, 0.5) is 0 Å². The summed E-state index contributed by atoms with van der Waals surface area (Å²) in [5.74, 6) is 0. The highest BCUT2D eigenvalue weighted by Gasteiger charge is 1.67. The van der Waals surface area contributed by atoms with E-state index in [1.165, 1.54) is 0 Å². The Kier molecular flexibility index (Phi) is 3.66. The molecule has 0 atom stereocenters. The maximum atomic E-state index is 2.99. The molecule has 0 aliphatic carbocycles. The van der Waals surface area contributed by atoms with Crippen LogP contribution in [0.2, 0.25) is 0 Å². The van der Waals surface area contributed by atoms with Gasteiger partial charge in [-0.1, -0.05) is 36.5 Å². The van der Waals surface area contributed by atoms with Crippen LogP contribution in [-0.4, -0.2) is 0 Å². The van der Waals surface area contributed by atoms with E-state index in [2.05, 4.69) is 5.32 Å². The molecule has 0 fully saturated rings. The first-order chi connectivity index (χ1) is 5.50. The number of nitrogens with one attached hydrogen (secondary N) is 1. The summed E-state index contributed by atoms with van der Waals surface area (Å²) in [6.07, 6.45) is 19.5. The summed E-state index contributed by atoms with van der Waals surface area (Å²) in [5, 5.41) is 2.99. The predicted octanol–water partition coefficient (Wildman–Crippen LogP) is 2.29. The van der Waals surface area contributed by atoms with Crippen molar-refractivity contribution in [1.29, 1.82) is 0 Å². The van der Waals surface area contributed by atoms with Gasteiger partial charge in [-0.25, -0.2) is 0 Å². The van der Waals surface area contributed by atoms with Crippen molar-refractivity contribution in [1.82, 2.24) is 5.32 Å². The first-order valence-corrected chi connectivity index (χ1v) is 3.58. The lowest BCUT2D eigenvalue weighted by Crippen LogP contribution is -1.89. The Bertz CT molecular complexity index is 205. The number of rotatable bonds is 0. The van der Waals surface area contributed by atoms with E-state index in [4.69, 9.17) is 0 Å². The SMILES string of the molecule is C1=C\C=C/C=C\N/C=C\C=C/1. The first-order valence-electron chi connectivity index (χ1n) is 3.58. The van der Waals surface area contributed by atoms with E-state index in [-0.39, 0.29) is 0 Å². The molecule has 0 amide bonds. The summed E-state index contributed by atoms with van der Waals surface area (Å²) in [4.78, 5) is 0. The fraction of sp³-hybridized carbons (Fsp3) is 0. The Labute approximate surface area is 67.1 Å². The minimum absolute atomic E-state index is 1.88. The Morgan fingerprint density at radius 1 is 0.455 bits per heavy atom. The molecule has 1 heterocycles. The van der Waals surface area contributed by atoms with Crippen molar-refractivity contribution in [3.05, 3.63) is 61.0 Å². The van der Waals surface area contributed by atoms with Crippen LogP contribution in [0.1, 0.15) is 0 Å². The summed E-state index contributed by atoms with van der Waals surface area (Å²) >= 11 is 0. The first kappa shape index (κ1) is 7.61. The Morgan fingerprint density at radius 2 is 0.818 bits per heavy atom. The zero-order chi connectivity index (χ0) is 7.78. The van der Waals surface area contributed by atoms with Crippen molar-refractivity contribution >= 4 is 0 Å². The minimum Gasteiger partial charge on any atom is -0.368 e. The average Bonchev–Trinajstić information content (AvgIpc) is 2.08. The smallest absolute Gasteiger partial charge is 0.000442 e. The van der Waals surface area contributed by atoms with Crippen LogP contribution < -0.4 is 5.32 Å². The van der Waals surface area contributed by atoms with Gasteiger partial charge in [-0.2, -0.15) is 0 Å². The van der Waals surface area contributed by atoms with Crippen LogP contribution in [-0.2, 0) is 0 Å². The van der Waals surface area contributed by atoms with Gasteiger partial charge in [-0.3, -0.25) is 0 Å². The van der Waals surface area contributed by atoms with Gasteiger partial charge in [0.1, 0.15) is 0 Å². The van der Waals surface area contributed by atoms with Crippen LogP contribution in [0.15, 0.2) is 61.0 Å². The molecule has 1 heteroatoms. The van der Waals surface area contributed by atoms with Crippen molar-refractivity contribution in [2.45, 2.75) is 0 Å². The molecule has 0 spiro atoms. The van der Waals surface area contributed by atoms with Crippen LogP contribution in [0.25, 0.3) is 0 Å². The summed E-state index contributed by atoms with van der Waals surface area (Å²) in [7, 11) is 0. The zero-order valence-corrected chi connectivity index (χ0v) is 6.27. The second-order valence-corrected chi connectivity index (χ2v) is 2.04. The standard InChI is InChI=1S/C10H11N/c1-2-4-6-8-10-11-9-7-5-3-1/h1-11H/b2-1-,5-3-,6-4-,9-7-,10-8-. The zero-order valence-electron chi connectivity index (χ0n) is 6.27. The van der Waals surface area contributed by atoms with E-state index >= 15 is 0 Å². The molecule has 1 aliphatic heterocycles. The molecular formula is C10H11N. The van der Waals surface area contributed by atoms with Gasteiger partial charge in [0, 0.05) is 12.4 Å². The second kappa shape index (κ2) is 5.30. The Balaban J connectivity index is 2.61. The Morgan fingerprint density at radius 3 is 1.27 bits per heavy atom. The monoisotopic (exact) mass is 145 g/mol. The van der Waals surface area contributed by atoms with Gasteiger partial charge in [0.05, 0.1) is 0 Å². The molecule has 1 aliphatic rings. The molecule has 56 valence electrons. The van der Waals surface area contributed by atoms with E-state index < -0.39 is 0 Å². The summed E-state index contributed by atoms with van der Waals surface area (Å²) in [5.41, 5.74) is 0. The lowest BCUT2D eigenvalue weighted by Gasteiger charge is -1.83. The largest absolute Gasteiger partial charge is 0.368 e. The average molecular weight is 145 g/mol. The van der Waals surface area contributed by atoms with Crippen LogP contribution >= 0.6 is 0 Å². The molecule has 1 rings (SSSR count). The molecule has 11 heavy (non-hydrogen) atoms. The summed E-state index contributed by atoms with van der Waals surface area (Å²) in [6.45, 7) is 0. The van der Waals surface area contributed by atoms with E-state index in [1.807, 2.05) is 61.0 Å². The van der Waals surface area contributed by atoms with Crippen LogP contribution in [0.5, 0.6) is 0 Å². The molecule has 1 N–H and O–H groups in total. The lowest BCUT2D eigenvalue weighted by atomic mass is 10.4. The number of hydrogen-bond acceptors (Lipinski definition) is 1. The van der Waals surface area contributed by atoms with E-state index in [0.717, 1.165) is 0 Å². The number of allylic oxidation sites excluding steroid dienone is 8. The molecule has 0 unspecified atom stereocenters. The van der Waals surface area contributed by atoms with Gasteiger partial charge < -0.3 is 5.32 Å². The van der Waals surface area contributed by atoms with E-state index in [1.54, 1.807) is 0 Å². The fourth-order valence-corrected chi connectivity index (χ4v) is 0.663. The molecule has 1 nitrogen and oxygen atoms in total. The molecule has 0 saturated carbocycles. The van der Waals surface area contributed by atoms with Crippen molar-refractivity contribution in [3.8, 4) is 0 Å². The molecule has 0 aromatic rings. The highest BCUT2D eigenvalue weighted by atomic mass is 14.8. The molecule has 0 aromatic carbocycles. The lowest BCUT2D eigenvalue weighted by molar-refractivity contribution is 1.20.